The predicted octanol–water partition coefficient (Wildman–Crippen LogP) is 1.55. The van der Waals surface area contributed by atoms with Gasteiger partial charge in [-0.25, -0.2) is 0 Å². The lowest BCUT2D eigenvalue weighted by Gasteiger charge is -2.35. The number of rotatable bonds is 4. The molecule has 2 aliphatic rings. The van der Waals surface area contributed by atoms with E-state index in [0.717, 1.165) is 31.5 Å². The maximum atomic E-state index is 12.7. The van der Waals surface area contributed by atoms with Gasteiger partial charge in [0.25, 0.3) is 5.91 Å². The molecule has 2 heterocycles. The molecule has 2 fully saturated rings. The van der Waals surface area contributed by atoms with Crippen LogP contribution in [0.3, 0.4) is 0 Å². The number of amides is 2. The van der Waals surface area contributed by atoms with Crippen molar-refractivity contribution < 1.29 is 14.3 Å². The molecule has 2 atom stereocenters. The van der Waals surface area contributed by atoms with E-state index in [1.165, 1.54) is 0 Å². The van der Waals surface area contributed by atoms with E-state index in [1.54, 1.807) is 0 Å². The zero-order valence-electron chi connectivity index (χ0n) is 15.7. The Hall–Kier alpha value is -1.92. The molecule has 1 aromatic rings. The first-order valence-corrected chi connectivity index (χ1v) is 9.55. The van der Waals surface area contributed by atoms with Crippen LogP contribution < -0.4 is 10.6 Å². The summed E-state index contributed by atoms with van der Waals surface area (Å²) < 4.78 is 5.69. The predicted molar refractivity (Wildman–Crippen MR) is 99.8 cm³/mol. The van der Waals surface area contributed by atoms with Crippen LogP contribution in [-0.4, -0.2) is 55.1 Å². The number of hydrogen-bond donors (Lipinski definition) is 2. The van der Waals surface area contributed by atoms with Crippen molar-refractivity contribution >= 4 is 11.8 Å². The molecule has 2 unspecified atom stereocenters. The van der Waals surface area contributed by atoms with E-state index in [2.05, 4.69) is 10.6 Å². The Morgan fingerprint density at radius 1 is 1.12 bits per heavy atom. The van der Waals surface area contributed by atoms with Crippen molar-refractivity contribution in [2.24, 2.45) is 5.92 Å². The first kappa shape index (κ1) is 18.9. The van der Waals surface area contributed by atoms with Crippen LogP contribution in [0, 0.1) is 5.92 Å². The second-order valence-corrected chi connectivity index (χ2v) is 7.41. The lowest BCUT2D eigenvalue weighted by atomic mass is 9.97. The second-order valence-electron chi connectivity index (χ2n) is 7.41. The Labute approximate surface area is 155 Å². The molecule has 0 aliphatic carbocycles. The van der Waals surface area contributed by atoms with E-state index in [0.29, 0.717) is 25.2 Å². The summed E-state index contributed by atoms with van der Waals surface area (Å²) in [6, 6.07) is 7.53. The maximum absolute atomic E-state index is 12.7. The Morgan fingerprint density at radius 2 is 1.73 bits per heavy atom. The highest BCUT2D eigenvalue weighted by molar-refractivity contribution is 5.94. The van der Waals surface area contributed by atoms with E-state index >= 15 is 0 Å². The number of benzene rings is 1. The highest BCUT2D eigenvalue weighted by Crippen LogP contribution is 2.15. The number of carbonyl (C=O) groups is 2. The lowest BCUT2D eigenvalue weighted by molar-refractivity contribution is -0.125. The van der Waals surface area contributed by atoms with Gasteiger partial charge in [-0.3, -0.25) is 9.59 Å². The maximum Gasteiger partial charge on any atom is 0.254 e. The number of hydrogen-bond acceptors (Lipinski definition) is 4. The Bertz CT molecular complexity index is 616. The molecule has 0 saturated carbocycles. The summed E-state index contributed by atoms with van der Waals surface area (Å²) in [5.41, 5.74) is 1.69. The molecule has 142 valence electrons. The summed E-state index contributed by atoms with van der Waals surface area (Å²) in [5, 5.41) is 6.28. The molecular formula is C20H29N3O3. The van der Waals surface area contributed by atoms with Gasteiger partial charge in [-0.15, -0.1) is 0 Å². The van der Waals surface area contributed by atoms with Crippen LogP contribution in [-0.2, 0) is 16.1 Å². The third-order valence-electron chi connectivity index (χ3n) is 5.08. The number of ether oxygens (including phenoxy) is 1. The van der Waals surface area contributed by atoms with E-state index in [4.69, 9.17) is 4.74 Å². The van der Waals surface area contributed by atoms with E-state index in [9.17, 15) is 9.59 Å². The Morgan fingerprint density at radius 3 is 2.35 bits per heavy atom. The van der Waals surface area contributed by atoms with Crippen molar-refractivity contribution in [2.45, 2.75) is 45.4 Å². The number of piperidine rings is 1. The first-order chi connectivity index (χ1) is 12.5. The molecule has 2 saturated heterocycles. The normalized spacial score (nSPS) is 24.3. The summed E-state index contributed by atoms with van der Waals surface area (Å²) in [4.78, 5) is 26.7. The second kappa shape index (κ2) is 8.64. The molecule has 0 radical (unpaired) electrons. The third-order valence-corrected chi connectivity index (χ3v) is 5.08. The molecule has 6 heteroatoms. The van der Waals surface area contributed by atoms with Crippen LogP contribution in [0.25, 0.3) is 0 Å². The number of morpholine rings is 1. The Kier molecular flexibility index (Phi) is 6.27. The molecule has 2 N–H and O–H groups in total. The summed E-state index contributed by atoms with van der Waals surface area (Å²) in [5.74, 6) is 0.280. The minimum atomic E-state index is 0.0392. The number of nitrogens with zero attached hydrogens (tertiary/aromatic N) is 1. The molecule has 0 aromatic heterocycles. The molecule has 1 aromatic carbocycles. The van der Waals surface area contributed by atoms with Gasteiger partial charge >= 0.3 is 0 Å². The van der Waals surface area contributed by atoms with Crippen molar-refractivity contribution in [2.75, 3.05) is 26.2 Å². The zero-order valence-corrected chi connectivity index (χ0v) is 15.7. The van der Waals surface area contributed by atoms with Gasteiger partial charge in [0.1, 0.15) is 0 Å². The van der Waals surface area contributed by atoms with Crippen LogP contribution in [0.1, 0.15) is 42.6 Å². The standard InChI is InChI=1S/C20H29N3O3/c1-14-12-23(13-15(2)26-14)20(25)18-5-3-16(4-6-18)11-22-19(24)17-7-9-21-10-8-17/h3-6,14-15,17,21H,7-13H2,1-2H3,(H,22,24). The van der Waals surface area contributed by atoms with Crippen molar-refractivity contribution in [3.63, 3.8) is 0 Å². The molecule has 0 bridgehead atoms. The van der Waals surface area contributed by atoms with E-state index in [-0.39, 0.29) is 29.9 Å². The monoisotopic (exact) mass is 359 g/mol. The van der Waals surface area contributed by atoms with E-state index in [1.807, 2.05) is 43.0 Å². The van der Waals surface area contributed by atoms with Gasteiger partial charge in [-0.05, 0) is 57.5 Å². The van der Waals surface area contributed by atoms with Crippen molar-refractivity contribution in [3.05, 3.63) is 35.4 Å². The fraction of sp³-hybridized carbons (Fsp3) is 0.600. The highest BCUT2D eigenvalue weighted by Gasteiger charge is 2.26. The van der Waals surface area contributed by atoms with Gasteiger partial charge < -0.3 is 20.3 Å². The van der Waals surface area contributed by atoms with Gasteiger partial charge in [0.05, 0.1) is 12.2 Å². The zero-order chi connectivity index (χ0) is 18.5. The minimum Gasteiger partial charge on any atom is -0.372 e. The quantitative estimate of drug-likeness (QED) is 0.856. The summed E-state index contributed by atoms with van der Waals surface area (Å²) in [6.07, 6.45) is 1.92. The fourth-order valence-corrected chi connectivity index (χ4v) is 3.71. The molecule has 2 amide bonds. The lowest BCUT2D eigenvalue weighted by Crippen LogP contribution is -2.48. The third kappa shape index (κ3) is 4.83. The van der Waals surface area contributed by atoms with Crippen molar-refractivity contribution in [1.82, 2.24) is 15.5 Å². The summed E-state index contributed by atoms with van der Waals surface area (Å²) in [7, 11) is 0. The van der Waals surface area contributed by atoms with Crippen LogP contribution in [0.5, 0.6) is 0 Å². The van der Waals surface area contributed by atoms with E-state index < -0.39 is 0 Å². The van der Waals surface area contributed by atoms with Gasteiger partial charge in [-0.1, -0.05) is 12.1 Å². The smallest absolute Gasteiger partial charge is 0.254 e. The Balaban J connectivity index is 1.53. The molecule has 2 aliphatic heterocycles. The fourth-order valence-electron chi connectivity index (χ4n) is 3.71. The SMILES string of the molecule is CC1CN(C(=O)c2ccc(CNC(=O)C3CCNCC3)cc2)CC(C)O1. The first-order valence-electron chi connectivity index (χ1n) is 9.55. The molecule has 26 heavy (non-hydrogen) atoms. The number of nitrogens with one attached hydrogen (secondary N) is 2. The molecule has 0 spiro atoms. The largest absolute Gasteiger partial charge is 0.372 e. The molecule has 3 rings (SSSR count). The summed E-state index contributed by atoms with van der Waals surface area (Å²) >= 11 is 0. The summed E-state index contributed by atoms with van der Waals surface area (Å²) in [6.45, 7) is 7.55. The average Bonchev–Trinajstić information content (AvgIpc) is 2.66. The van der Waals surface area contributed by atoms with Crippen LogP contribution >= 0.6 is 0 Å². The van der Waals surface area contributed by atoms with Crippen LogP contribution in [0.15, 0.2) is 24.3 Å². The number of carbonyl (C=O) groups excluding carboxylic acids is 2. The van der Waals surface area contributed by atoms with Crippen molar-refractivity contribution in [1.29, 1.82) is 0 Å². The van der Waals surface area contributed by atoms with Crippen molar-refractivity contribution in [3.8, 4) is 0 Å². The topological polar surface area (TPSA) is 70.7 Å². The van der Waals surface area contributed by atoms with Gasteiger partial charge in [0.2, 0.25) is 5.91 Å². The van der Waals surface area contributed by atoms with Gasteiger partial charge in [-0.2, -0.15) is 0 Å². The molecule has 6 nitrogen and oxygen atoms in total. The highest BCUT2D eigenvalue weighted by atomic mass is 16.5. The minimum absolute atomic E-state index is 0.0392. The average molecular weight is 359 g/mol. The van der Waals surface area contributed by atoms with Crippen LogP contribution in [0.2, 0.25) is 0 Å². The van der Waals surface area contributed by atoms with Gasteiger partial charge in [0.15, 0.2) is 0 Å². The molecular weight excluding hydrogens is 330 g/mol. The van der Waals surface area contributed by atoms with Crippen LogP contribution in [0.4, 0.5) is 0 Å². The van der Waals surface area contributed by atoms with Gasteiger partial charge in [0, 0.05) is 31.1 Å².